The Morgan fingerprint density at radius 2 is 2.05 bits per heavy atom. The molecule has 3 rings (SSSR count). The molecule has 1 aromatic heterocycles. The van der Waals surface area contributed by atoms with E-state index >= 15 is 0 Å². The number of rotatable bonds is 2. The maximum atomic E-state index is 12.6. The van der Waals surface area contributed by atoms with Gasteiger partial charge in [-0.05, 0) is 13.8 Å². The maximum Gasteiger partial charge on any atom is 0.256 e. The van der Waals surface area contributed by atoms with Gasteiger partial charge in [0.25, 0.3) is 5.91 Å². The van der Waals surface area contributed by atoms with Gasteiger partial charge in [0.05, 0.1) is 19.1 Å². The van der Waals surface area contributed by atoms with Crippen LogP contribution < -0.4 is 0 Å². The number of carbonyl (C=O) groups excluding carboxylic acids is 2. The van der Waals surface area contributed by atoms with Crippen molar-refractivity contribution in [2.75, 3.05) is 32.8 Å². The lowest BCUT2D eigenvalue weighted by molar-refractivity contribution is -0.174. The monoisotopic (exact) mass is 308 g/mol. The number of amides is 2. The Kier molecular flexibility index (Phi) is 3.64. The number of aryl methyl sites for hydroxylation is 1. The highest BCUT2D eigenvalue weighted by Gasteiger charge is 2.47. The molecule has 2 amide bonds. The average molecular weight is 308 g/mol. The van der Waals surface area contributed by atoms with Gasteiger partial charge < -0.3 is 19.1 Å². The zero-order valence-corrected chi connectivity index (χ0v) is 13.0. The highest BCUT2D eigenvalue weighted by Crippen LogP contribution is 2.30. The first-order valence-electron chi connectivity index (χ1n) is 7.38. The van der Waals surface area contributed by atoms with Gasteiger partial charge >= 0.3 is 0 Å². The number of aromatic nitrogens is 2. The summed E-state index contributed by atoms with van der Waals surface area (Å²) in [6.45, 7) is 7.30. The third-order valence-electron chi connectivity index (χ3n) is 4.23. The largest absolute Gasteiger partial charge is 0.362 e. The molecule has 2 fully saturated rings. The van der Waals surface area contributed by atoms with Crippen LogP contribution in [0.3, 0.4) is 0 Å². The van der Waals surface area contributed by atoms with Gasteiger partial charge in [-0.25, -0.2) is 0 Å². The number of morpholine rings is 1. The number of carbonyl (C=O) groups is 2. The summed E-state index contributed by atoms with van der Waals surface area (Å²) in [5.74, 6) is 1.12. The molecular formula is C14H20N4O4. The van der Waals surface area contributed by atoms with Crippen molar-refractivity contribution in [2.45, 2.75) is 32.3 Å². The number of likely N-dealkylation sites (tertiary alicyclic amines) is 1. The second kappa shape index (κ2) is 5.35. The van der Waals surface area contributed by atoms with E-state index in [2.05, 4.69) is 10.1 Å². The van der Waals surface area contributed by atoms with Crippen molar-refractivity contribution in [2.24, 2.45) is 0 Å². The normalized spacial score (nSPS) is 26.0. The second-order valence-electron chi connectivity index (χ2n) is 6.11. The first-order valence-corrected chi connectivity index (χ1v) is 7.38. The molecule has 0 radical (unpaired) electrons. The van der Waals surface area contributed by atoms with E-state index in [0.717, 1.165) is 0 Å². The summed E-state index contributed by atoms with van der Waals surface area (Å²) in [5.41, 5.74) is -0.973. The third kappa shape index (κ3) is 2.58. The number of ether oxygens (including phenoxy) is 1. The predicted octanol–water partition coefficient (Wildman–Crippen LogP) is -0.0588. The van der Waals surface area contributed by atoms with Crippen LogP contribution in [0, 0.1) is 6.92 Å². The average Bonchev–Trinajstić information content (AvgIpc) is 2.83. The molecule has 2 aliphatic heterocycles. The standard InChI is InChI=1S/C14H20N4O4/c1-9-15-12(22-16-9)11-6-18(7-11)13(20)14(3)8-17(10(2)19)4-5-21-14/h11H,4-8H2,1-3H3/t14-/m0/s1. The van der Waals surface area contributed by atoms with E-state index in [0.29, 0.717) is 44.5 Å². The Hall–Kier alpha value is -1.96. The van der Waals surface area contributed by atoms with Crippen LogP contribution in [0.2, 0.25) is 0 Å². The van der Waals surface area contributed by atoms with Gasteiger partial charge in [-0.15, -0.1) is 0 Å². The Morgan fingerprint density at radius 1 is 1.32 bits per heavy atom. The zero-order valence-electron chi connectivity index (χ0n) is 13.0. The summed E-state index contributed by atoms with van der Waals surface area (Å²) < 4.78 is 10.8. The molecule has 0 spiro atoms. The van der Waals surface area contributed by atoms with Crippen molar-refractivity contribution in [3.63, 3.8) is 0 Å². The molecule has 8 heteroatoms. The van der Waals surface area contributed by atoms with Gasteiger partial charge in [-0.1, -0.05) is 5.16 Å². The second-order valence-corrected chi connectivity index (χ2v) is 6.11. The van der Waals surface area contributed by atoms with Crippen LogP contribution in [0.25, 0.3) is 0 Å². The van der Waals surface area contributed by atoms with E-state index in [1.807, 2.05) is 0 Å². The summed E-state index contributed by atoms with van der Waals surface area (Å²) in [6, 6.07) is 0. The first kappa shape index (κ1) is 15.0. The van der Waals surface area contributed by atoms with Gasteiger partial charge in [0.2, 0.25) is 11.8 Å². The number of hydrogen-bond donors (Lipinski definition) is 0. The van der Waals surface area contributed by atoms with Crippen molar-refractivity contribution in [1.29, 1.82) is 0 Å². The lowest BCUT2D eigenvalue weighted by Crippen LogP contribution is -2.63. The first-order chi connectivity index (χ1) is 10.4. The molecule has 8 nitrogen and oxygen atoms in total. The lowest BCUT2D eigenvalue weighted by Gasteiger charge is -2.45. The summed E-state index contributed by atoms with van der Waals surface area (Å²) in [7, 11) is 0. The predicted molar refractivity (Wildman–Crippen MR) is 75.0 cm³/mol. The van der Waals surface area contributed by atoms with Crippen LogP contribution in [0.5, 0.6) is 0 Å². The van der Waals surface area contributed by atoms with Crippen LogP contribution in [0.4, 0.5) is 0 Å². The van der Waals surface area contributed by atoms with Crippen molar-refractivity contribution in [3.05, 3.63) is 11.7 Å². The Bertz CT molecular complexity index is 595. The summed E-state index contributed by atoms with van der Waals surface area (Å²) in [5, 5.41) is 3.76. The van der Waals surface area contributed by atoms with E-state index in [1.165, 1.54) is 6.92 Å². The smallest absolute Gasteiger partial charge is 0.256 e. The van der Waals surface area contributed by atoms with Crippen molar-refractivity contribution in [1.82, 2.24) is 19.9 Å². The fraction of sp³-hybridized carbons (Fsp3) is 0.714. The van der Waals surface area contributed by atoms with E-state index in [1.54, 1.807) is 23.6 Å². The van der Waals surface area contributed by atoms with Crippen LogP contribution in [0.1, 0.15) is 31.5 Å². The van der Waals surface area contributed by atoms with Gasteiger partial charge in [-0.2, -0.15) is 4.98 Å². The molecule has 2 aliphatic rings. The molecule has 22 heavy (non-hydrogen) atoms. The molecule has 0 aliphatic carbocycles. The topological polar surface area (TPSA) is 88.8 Å². The SMILES string of the molecule is CC(=O)N1CCO[C@](C)(C(=O)N2CC(c3nc(C)no3)C2)C1. The molecule has 120 valence electrons. The highest BCUT2D eigenvalue weighted by molar-refractivity contribution is 5.87. The number of nitrogens with zero attached hydrogens (tertiary/aromatic N) is 4. The Morgan fingerprint density at radius 3 is 2.64 bits per heavy atom. The van der Waals surface area contributed by atoms with Crippen LogP contribution in [-0.4, -0.2) is 70.1 Å². The molecule has 1 aromatic rings. The summed E-state index contributed by atoms with van der Waals surface area (Å²) >= 11 is 0. The molecule has 0 saturated carbocycles. The van der Waals surface area contributed by atoms with Gasteiger partial charge in [0.15, 0.2) is 11.4 Å². The molecule has 0 N–H and O–H groups in total. The molecule has 0 aromatic carbocycles. The van der Waals surface area contributed by atoms with Gasteiger partial charge in [0, 0.05) is 26.6 Å². The summed E-state index contributed by atoms with van der Waals surface area (Å²) in [6.07, 6.45) is 0. The van der Waals surface area contributed by atoms with E-state index in [9.17, 15) is 9.59 Å². The third-order valence-corrected chi connectivity index (χ3v) is 4.23. The molecular weight excluding hydrogens is 288 g/mol. The Balaban J connectivity index is 1.61. The zero-order chi connectivity index (χ0) is 15.9. The minimum absolute atomic E-state index is 0.0369. The van der Waals surface area contributed by atoms with Gasteiger partial charge in [-0.3, -0.25) is 9.59 Å². The molecule has 1 atom stereocenters. The van der Waals surface area contributed by atoms with Crippen LogP contribution >= 0.6 is 0 Å². The lowest BCUT2D eigenvalue weighted by atomic mass is 9.94. The minimum Gasteiger partial charge on any atom is -0.362 e. The minimum atomic E-state index is -0.973. The fourth-order valence-corrected chi connectivity index (χ4v) is 2.88. The van der Waals surface area contributed by atoms with Crippen molar-refractivity contribution in [3.8, 4) is 0 Å². The van der Waals surface area contributed by atoms with Crippen molar-refractivity contribution < 1.29 is 18.8 Å². The fourth-order valence-electron chi connectivity index (χ4n) is 2.88. The van der Waals surface area contributed by atoms with E-state index in [4.69, 9.17) is 9.26 Å². The number of hydrogen-bond acceptors (Lipinski definition) is 6. The molecule has 2 saturated heterocycles. The molecule has 3 heterocycles. The molecule has 0 bridgehead atoms. The highest BCUT2D eigenvalue weighted by atomic mass is 16.5. The molecule has 0 unspecified atom stereocenters. The Labute approximate surface area is 128 Å². The van der Waals surface area contributed by atoms with Crippen LogP contribution in [-0.2, 0) is 14.3 Å². The summed E-state index contributed by atoms with van der Waals surface area (Å²) in [4.78, 5) is 31.7. The van der Waals surface area contributed by atoms with Crippen LogP contribution in [0.15, 0.2) is 4.52 Å². The van der Waals surface area contributed by atoms with E-state index < -0.39 is 5.60 Å². The van der Waals surface area contributed by atoms with Crippen molar-refractivity contribution >= 4 is 11.8 Å². The quantitative estimate of drug-likeness (QED) is 0.760. The van der Waals surface area contributed by atoms with E-state index in [-0.39, 0.29) is 17.7 Å². The van der Waals surface area contributed by atoms with Gasteiger partial charge in [0.1, 0.15) is 0 Å². The maximum absolute atomic E-state index is 12.6.